The minimum absolute atomic E-state index is 0.0666. The highest BCUT2D eigenvalue weighted by Crippen LogP contribution is 2.08. The lowest BCUT2D eigenvalue weighted by atomic mass is 10.2. The molecule has 2 aromatic rings. The van der Waals surface area contributed by atoms with Crippen LogP contribution in [0.15, 0.2) is 47.5 Å². The number of nitrogen functional groups attached to an aromatic ring is 2. The molecule has 0 radical (unpaired) electrons. The molecule has 19 heavy (non-hydrogen) atoms. The summed E-state index contributed by atoms with van der Waals surface area (Å²) >= 11 is 0. The lowest BCUT2D eigenvalue weighted by Crippen LogP contribution is -1.96. The van der Waals surface area contributed by atoms with Crippen LogP contribution >= 0.6 is 0 Å². The van der Waals surface area contributed by atoms with E-state index in [1.807, 2.05) is 6.92 Å². The first kappa shape index (κ1) is 14.9. The smallest absolute Gasteiger partial charge is 0.294 e. The number of pyridine rings is 1. The third-order valence-corrected chi connectivity index (χ3v) is 3.06. The molecular formula is C12H15N3O3S. The minimum Gasteiger partial charge on any atom is -0.396 e. The van der Waals surface area contributed by atoms with Crippen molar-refractivity contribution in [3.63, 3.8) is 0 Å². The molecule has 1 aromatic carbocycles. The van der Waals surface area contributed by atoms with Gasteiger partial charge in [0.25, 0.3) is 10.1 Å². The van der Waals surface area contributed by atoms with Gasteiger partial charge in [0, 0.05) is 6.20 Å². The number of anilines is 2. The van der Waals surface area contributed by atoms with Crippen LogP contribution in [-0.4, -0.2) is 18.0 Å². The summed E-state index contributed by atoms with van der Waals surface area (Å²) < 4.78 is 29.6. The maximum atomic E-state index is 10.5. The van der Waals surface area contributed by atoms with E-state index >= 15 is 0 Å². The van der Waals surface area contributed by atoms with Gasteiger partial charge in [-0.2, -0.15) is 8.42 Å². The topological polar surface area (TPSA) is 119 Å². The van der Waals surface area contributed by atoms with E-state index in [9.17, 15) is 8.42 Å². The Bertz CT molecular complexity index is 619. The fraction of sp³-hybridized carbons (Fsp3) is 0.0833. The zero-order chi connectivity index (χ0) is 14.5. The molecule has 0 spiro atoms. The number of rotatable bonds is 1. The second-order valence-electron chi connectivity index (χ2n) is 3.77. The third-order valence-electron chi connectivity index (χ3n) is 2.19. The molecular weight excluding hydrogens is 266 g/mol. The van der Waals surface area contributed by atoms with Crippen molar-refractivity contribution < 1.29 is 13.0 Å². The van der Waals surface area contributed by atoms with Gasteiger partial charge in [-0.1, -0.05) is 17.7 Å². The van der Waals surface area contributed by atoms with Crippen molar-refractivity contribution in [1.82, 2.24) is 4.98 Å². The number of benzene rings is 1. The summed E-state index contributed by atoms with van der Waals surface area (Å²) in [6, 6.07) is 9.44. The van der Waals surface area contributed by atoms with Gasteiger partial charge in [0.15, 0.2) is 0 Å². The highest BCUT2D eigenvalue weighted by molar-refractivity contribution is 7.85. The molecule has 6 nitrogen and oxygen atoms in total. The number of aryl methyl sites for hydroxylation is 1. The van der Waals surface area contributed by atoms with Crippen LogP contribution in [0.3, 0.4) is 0 Å². The first-order valence-electron chi connectivity index (χ1n) is 5.31. The Morgan fingerprint density at radius 3 is 2.05 bits per heavy atom. The lowest BCUT2D eigenvalue weighted by molar-refractivity contribution is 0.483. The molecule has 0 unspecified atom stereocenters. The number of nitrogens with zero attached hydrogens (tertiary/aromatic N) is 1. The van der Waals surface area contributed by atoms with Gasteiger partial charge in [-0.15, -0.1) is 0 Å². The zero-order valence-corrected chi connectivity index (χ0v) is 11.1. The molecule has 1 heterocycles. The van der Waals surface area contributed by atoms with E-state index in [4.69, 9.17) is 16.0 Å². The second kappa shape index (κ2) is 6.17. The van der Waals surface area contributed by atoms with Crippen molar-refractivity contribution in [2.24, 2.45) is 0 Å². The molecule has 0 amide bonds. The molecule has 7 heteroatoms. The Kier molecular flexibility index (Phi) is 4.85. The molecule has 0 fully saturated rings. The highest BCUT2D eigenvalue weighted by Gasteiger charge is 2.06. The Morgan fingerprint density at radius 2 is 1.68 bits per heavy atom. The van der Waals surface area contributed by atoms with Gasteiger partial charge in [-0.05, 0) is 31.2 Å². The molecule has 0 aliphatic heterocycles. The summed E-state index contributed by atoms with van der Waals surface area (Å²) in [5.74, 6) is 0.396. The molecule has 5 N–H and O–H groups in total. The van der Waals surface area contributed by atoms with Crippen LogP contribution in [-0.2, 0) is 10.1 Å². The van der Waals surface area contributed by atoms with E-state index in [1.165, 1.54) is 12.1 Å². The summed E-state index contributed by atoms with van der Waals surface area (Å²) in [5, 5.41) is 0. The molecule has 102 valence electrons. The van der Waals surface area contributed by atoms with Crippen LogP contribution in [0, 0.1) is 6.92 Å². The van der Waals surface area contributed by atoms with Crippen molar-refractivity contribution in [3.8, 4) is 0 Å². The molecule has 0 atom stereocenters. The summed E-state index contributed by atoms with van der Waals surface area (Å²) in [6.45, 7) is 1.84. The van der Waals surface area contributed by atoms with Crippen molar-refractivity contribution in [2.45, 2.75) is 11.8 Å². The van der Waals surface area contributed by atoms with Gasteiger partial charge in [-0.25, -0.2) is 4.98 Å². The highest BCUT2D eigenvalue weighted by atomic mass is 32.2. The largest absolute Gasteiger partial charge is 0.396 e. The fourth-order valence-corrected chi connectivity index (χ4v) is 1.62. The average Bonchev–Trinajstić information content (AvgIpc) is 2.33. The molecule has 1 aromatic heterocycles. The van der Waals surface area contributed by atoms with Crippen molar-refractivity contribution in [3.05, 3.63) is 48.2 Å². The maximum absolute atomic E-state index is 10.5. The van der Waals surface area contributed by atoms with Crippen molar-refractivity contribution in [2.75, 3.05) is 11.5 Å². The second-order valence-corrected chi connectivity index (χ2v) is 5.19. The molecule has 0 aliphatic carbocycles. The van der Waals surface area contributed by atoms with E-state index in [0.29, 0.717) is 11.5 Å². The van der Waals surface area contributed by atoms with Crippen LogP contribution in [0.4, 0.5) is 11.5 Å². The average molecular weight is 281 g/mol. The molecule has 0 bridgehead atoms. The molecule has 0 aliphatic rings. The lowest BCUT2D eigenvalue weighted by Gasteiger charge is -1.95. The quantitative estimate of drug-likeness (QED) is 0.681. The SMILES string of the molecule is Cc1ccc(S(=O)(=O)O)cc1.Nc1cccnc1N. The predicted molar refractivity (Wildman–Crippen MR) is 74.1 cm³/mol. The van der Waals surface area contributed by atoms with Crippen LogP contribution in [0.5, 0.6) is 0 Å². The predicted octanol–water partition coefficient (Wildman–Crippen LogP) is 1.49. The van der Waals surface area contributed by atoms with Crippen LogP contribution < -0.4 is 11.5 Å². The molecule has 0 saturated carbocycles. The summed E-state index contributed by atoms with van der Waals surface area (Å²) in [5.41, 5.74) is 12.1. The standard InChI is InChI=1S/C7H8O3S.C5H7N3/c1-6-2-4-7(5-3-6)11(8,9)10;6-4-2-1-3-8-5(4)7/h2-5H,1H3,(H,8,9,10);1-3H,6H2,(H2,7,8). The summed E-state index contributed by atoms with van der Waals surface area (Å²) in [6.07, 6.45) is 1.60. The first-order chi connectivity index (χ1) is 8.80. The van der Waals surface area contributed by atoms with Gasteiger partial charge in [-0.3, -0.25) is 4.55 Å². The van der Waals surface area contributed by atoms with E-state index in [1.54, 1.807) is 30.5 Å². The van der Waals surface area contributed by atoms with Crippen molar-refractivity contribution >= 4 is 21.6 Å². The van der Waals surface area contributed by atoms with Gasteiger partial charge < -0.3 is 11.5 Å². The molecule has 2 rings (SSSR count). The van der Waals surface area contributed by atoms with Gasteiger partial charge >= 0.3 is 0 Å². The maximum Gasteiger partial charge on any atom is 0.294 e. The van der Waals surface area contributed by atoms with E-state index < -0.39 is 10.1 Å². The number of hydrogen-bond donors (Lipinski definition) is 3. The number of nitrogens with two attached hydrogens (primary N) is 2. The van der Waals surface area contributed by atoms with Gasteiger partial charge in [0.2, 0.25) is 0 Å². The first-order valence-corrected chi connectivity index (χ1v) is 6.75. The zero-order valence-electron chi connectivity index (χ0n) is 10.3. The van der Waals surface area contributed by atoms with Crippen molar-refractivity contribution in [1.29, 1.82) is 0 Å². The van der Waals surface area contributed by atoms with Crippen LogP contribution in [0.2, 0.25) is 0 Å². The number of hydrogen-bond acceptors (Lipinski definition) is 5. The van der Waals surface area contributed by atoms with Gasteiger partial charge in [0.1, 0.15) is 5.82 Å². The molecule has 0 saturated heterocycles. The Labute approximate surface area is 111 Å². The van der Waals surface area contributed by atoms with E-state index in [-0.39, 0.29) is 4.90 Å². The third kappa shape index (κ3) is 4.94. The van der Waals surface area contributed by atoms with Crippen LogP contribution in [0.1, 0.15) is 5.56 Å². The number of aromatic nitrogens is 1. The van der Waals surface area contributed by atoms with E-state index in [0.717, 1.165) is 5.56 Å². The normalized spacial score (nSPS) is 10.4. The fourth-order valence-electron chi connectivity index (χ4n) is 1.14. The van der Waals surface area contributed by atoms with Gasteiger partial charge in [0.05, 0.1) is 10.6 Å². The Morgan fingerprint density at radius 1 is 1.11 bits per heavy atom. The van der Waals surface area contributed by atoms with E-state index in [2.05, 4.69) is 4.98 Å². The summed E-state index contributed by atoms with van der Waals surface area (Å²) in [4.78, 5) is 3.66. The monoisotopic (exact) mass is 281 g/mol. The summed E-state index contributed by atoms with van der Waals surface area (Å²) in [7, 11) is -4.02. The Balaban J connectivity index is 0.000000200. The minimum atomic E-state index is -4.02. The van der Waals surface area contributed by atoms with Crippen LogP contribution in [0.25, 0.3) is 0 Å². The Hall–Kier alpha value is -2.12.